The number of aryl methyl sites for hydroxylation is 1. The minimum absolute atomic E-state index is 0.129. The van der Waals surface area contributed by atoms with E-state index in [2.05, 4.69) is 26.0 Å². The van der Waals surface area contributed by atoms with Crippen molar-refractivity contribution in [2.75, 3.05) is 19.6 Å². The van der Waals surface area contributed by atoms with Gasteiger partial charge in [-0.05, 0) is 37.3 Å². The van der Waals surface area contributed by atoms with Gasteiger partial charge in [-0.2, -0.15) is 5.10 Å². The third-order valence-corrected chi connectivity index (χ3v) is 3.73. The number of aliphatic imine (C=N–C) groups is 1. The highest BCUT2D eigenvalue weighted by molar-refractivity contribution is 6.30. The van der Waals surface area contributed by atoms with Gasteiger partial charge in [0.2, 0.25) is 0 Å². The number of aromatic nitrogens is 2. The molecule has 0 saturated carbocycles. The molecule has 2 aromatic rings. The van der Waals surface area contributed by atoms with Gasteiger partial charge in [-0.15, -0.1) is 0 Å². The van der Waals surface area contributed by atoms with Crippen LogP contribution in [0.1, 0.15) is 23.0 Å². The summed E-state index contributed by atoms with van der Waals surface area (Å²) in [6.07, 6.45) is 1.75. The summed E-state index contributed by atoms with van der Waals surface area (Å²) in [5.74, 6) is 0.569. The minimum Gasteiger partial charge on any atom is -0.357 e. The molecule has 1 aromatic carbocycles. The number of guanidine groups is 1. The molecule has 3 N–H and O–H groups in total. The summed E-state index contributed by atoms with van der Waals surface area (Å²) in [4.78, 5) is 16.5. The van der Waals surface area contributed by atoms with Crippen LogP contribution >= 0.6 is 11.6 Å². The van der Waals surface area contributed by atoms with Crippen molar-refractivity contribution in [1.82, 2.24) is 25.7 Å². The fraction of sp³-hybridized carbons (Fsp3) is 0.353. The number of halogens is 1. The third kappa shape index (κ3) is 6.11. The zero-order valence-corrected chi connectivity index (χ0v) is 15.2. The maximum atomic E-state index is 12.0. The van der Waals surface area contributed by atoms with E-state index in [0.717, 1.165) is 12.2 Å². The average molecular weight is 363 g/mol. The second-order valence-electron chi connectivity index (χ2n) is 5.33. The molecule has 0 atom stereocenters. The predicted octanol–water partition coefficient (Wildman–Crippen LogP) is 1.56. The van der Waals surface area contributed by atoms with E-state index >= 15 is 0 Å². The second kappa shape index (κ2) is 9.68. The molecular weight excluding hydrogens is 340 g/mol. The van der Waals surface area contributed by atoms with Crippen molar-refractivity contribution in [3.63, 3.8) is 0 Å². The largest absolute Gasteiger partial charge is 0.357 e. The number of rotatable bonds is 7. The van der Waals surface area contributed by atoms with Crippen molar-refractivity contribution in [2.45, 2.75) is 13.5 Å². The molecule has 0 bridgehead atoms. The Balaban J connectivity index is 1.78. The highest BCUT2D eigenvalue weighted by atomic mass is 35.5. The molecule has 0 aliphatic heterocycles. The zero-order chi connectivity index (χ0) is 18.1. The summed E-state index contributed by atoms with van der Waals surface area (Å²) in [6, 6.07) is 8.72. The fourth-order valence-electron chi connectivity index (χ4n) is 2.12. The van der Waals surface area contributed by atoms with Crippen molar-refractivity contribution in [1.29, 1.82) is 0 Å². The van der Waals surface area contributed by atoms with Gasteiger partial charge in [0.05, 0.1) is 12.2 Å². The number of nitrogens with one attached hydrogen (secondary N) is 3. The molecule has 0 fully saturated rings. The van der Waals surface area contributed by atoms with Crippen LogP contribution < -0.4 is 16.0 Å². The Kier molecular flexibility index (Phi) is 7.28. The highest BCUT2D eigenvalue weighted by Crippen LogP contribution is 2.09. The molecule has 0 saturated heterocycles. The molecule has 0 aliphatic carbocycles. The van der Waals surface area contributed by atoms with Crippen LogP contribution in [0.4, 0.5) is 0 Å². The Labute approximate surface area is 152 Å². The fourth-order valence-corrected chi connectivity index (χ4v) is 2.24. The second-order valence-corrected chi connectivity index (χ2v) is 5.77. The van der Waals surface area contributed by atoms with Crippen molar-refractivity contribution >= 4 is 23.5 Å². The van der Waals surface area contributed by atoms with Crippen molar-refractivity contribution < 1.29 is 4.79 Å². The summed E-state index contributed by atoms with van der Waals surface area (Å²) >= 11 is 5.82. The topological polar surface area (TPSA) is 83.3 Å². The normalized spacial score (nSPS) is 11.2. The van der Waals surface area contributed by atoms with Gasteiger partial charge in [0.25, 0.3) is 5.91 Å². The molecule has 0 unspecified atom stereocenters. The van der Waals surface area contributed by atoms with E-state index < -0.39 is 0 Å². The molecule has 25 heavy (non-hydrogen) atoms. The van der Waals surface area contributed by atoms with Crippen LogP contribution in [0.25, 0.3) is 0 Å². The average Bonchev–Trinajstić information content (AvgIpc) is 3.02. The first kappa shape index (κ1) is 18.8. The monoisotopic (exact) mass is 362 g/mol. The molecule has 1 amide bonds. The first-order chi connectivity index (χ1) is 12.1. The lowest BCUT2D eigenvalue weighted by Crippen LogP contribution is -2.41. The molecule has 8 heteroatoms. The van der Waals surface area contributed by atoms with Gasteiger partial charge in [0, 0.05) is 43.5 Å². The van der Waals surface area contributed by atoms with Gasteiger partial charge >= 0.3 is 0 Å². The molecule has 7 nitrogen and oxygen atoms in total. The van der Waals surface area contributed by atoms with E-state index in [1.54, 1.807) is 35.1 Å². The van der Waals surface area contributed by atoms with Crippen LogP contribution in [-0.2, 0) is 13.6 Å². The van der Waals surface area contributed by atoms with Gasteiger partial charge in [-0.3, -0.25) is 9.48 Å². The van der Waals surface area contributed by atoms with Crippen LogP contribution in [-0.4, -0.2) is 41.3 Å². The van der Waals surface area contributed by atoms with Crippen molar-refractivity contribution in [3.05, 3.63) is 52.8 Å². The summed E-state index contributed by atoms with van der Waals surface area (Å²) in [7, 11) is 1.89. The lowest BCUT2D eigenvalue weighted by atomic mass is 10.2. The molecule has 0 aliphatic rings. The minimum atomic E-state index is -0.129. The van der Waals surface area contributed by atoms with Crippen molar-refractivity contribution in [2.24, 2.45) is 12.0 Å². The molecule has 134 valence electrons. The quantitative estimate of drug-likeness (QED) is 0.396. The van der Waals surface area contributed by atoms with E-state index in [4.69, 9.17) is 11.6 Å². The Hall–Kier alpha value is -2.54. The van der Waals surface area contributed by atoms with Gasteiger partial charge < -0.3 is 16.0 Å². The van der Waals surface area contributed by atoms with Crippen LogP contribution in [0.5, 0.6) is 0 Å². The molecule has 0 radical (unpaired) electrons. The van der Waals surface area contributed by atoms with E-state index in [1.165, 1.54) is 0 Å². The summed E-state index contributed by atoms with van der Waals surface area (Å²) in [6.45, 7) is 4.34. The maximum absolute atomic E-state index is 12.0. The Morgan fingerprint density at radius 2 is 1.88 bits per heavy atom. The molecular formula is C17H23ClN6O. The molecule has 2 rings (SSSR count). The highest BCUT2D eigenvalue weighted by Gasteiger charge is 2.05. The van der Waals surface area contributed by atoms with Gasteiger partial charge in [-0.25, -0.2) is 4.99 Å². The SMILES string of the molecule is CCNC(=NCc1ccnn1C)NCCNC(=O)c1ccc(Cl)cc1. The molecule has 0 spiro atoms. The summed E-state index contributed by atoms with van der Waals surface area (Å²) in [5, 5.41) is 13.9. The Morgan fingerprint density at radius 1 is 1.16 bits per heavy atom. The molecule has 1 heterocycles. The van der Waals surface area contributed by atoms with Crippen LogP contribution in [0.15, 0.2) is 41.5 Å². The summed E-state index contributed by atoms with van der Waals surface area (Å²) in [5.41, 5.74) is 1.61. The maximum Gasteiger partial charge on any atom is 0.251 e. The lowest BCUT2D eigenvalue weighted by molar-refractivity contribution is 0.0954. The smallest absolute Gasteiger partial charge is 0.251 e. The van der Waals surface area contributed by atoms with E-state index in [-0.39, 0.29) is 5.91 Å². The predicted molar refractivity (Wildman–Crippen MR) is 99.8 cm³/mol. The van der Waals surface area contributed by atoms with Gasteiger partial charge in [0.1, 0.15) is 0 Å². The zero-order valence-electron chi connectivity index (χ0n) is 14.4. The van der Waals surface area contributed by atoms with Gasteiger partial charge in [-0.1, -0.05) is 11.6 Å². The third-order valence-electron chi connectivity index (χ3n) is 3.48. The number of hydrogen-bond acceptors (Lipinski definition) is 3. The van der Waals surface area contributed by atoms with Crippen molar-refractivity contribution in [3.8, 4) is 0 Å². The lowest BCUT2D eigenvalue weighted by Gasteiger charge is -2.12. The van der Waals surface area contributed by atoms with Crippen LogP contribution in [0, 0.1) is 0 Å². The Bertz CT molecular complexity index is 710. The Morgan fingerprint density at radius 3 is 2.52 bits per heavy atom. The number of benzene rings is 1. The number of amides is 1. The first-order valence-corrected chi connectivity index (χ1v) is 8.50. The number of carbonyl (C=O) groups excluding carboxylic acids is 1. The van der Waals surface area contributed by atoms with E-state index in [1.807, 2.05) is 20.0 Å². The first-order valence-electron chi connectivity index (χ1n) is 8.13. The van der Waals surface area contributed by atoms with E-state index in [9.17, 15) is 4.79 Å². The number of nitrogens with zero attached hydrogens (tertiary/aromatic N) is 3. The van der Waals surface area contributed by atoms with Gasteiger partial charge in [0.15, 0.2) is 5.96 Å². The summed E-state index contributed by atoms with van der Waals surface area (Å²) < 4.78 is 1.79. The molecule has 1 aromatic heterocycles. The van der Waals surface area contributed by atoms with E-state index in [0.29, 0.717) is 36.2 Å². The number of hydrogen-bond donors (Lipinski definition) is 3. The standard InChI is InChI=1S/C17H23ClN6O/c1-3-19-17(22-12-15-8-9-23-24(15)2)21-11-10-20-16(25)13-4-6-14(18)7-5-13/h4-9H,3,10-12H2,1-2H3,(H,20,25)(H2,19,21,22). The van der Waals surface area contributed by atoms with Crippen LogP contribution in [0.3, 0.4) is 0 Å². The number of carbonyl (C=O) groups is 1. The van der Waals surface area contributed by atoms with Crippen LogP contribution in [0.2, 0.25) is 5.02 Å².